The van der Waals surface area contributed by atoms with Crippen molar-refractivity contribution < 1.29 is 23.8 Å². The first-order valence-corrected chi connectivity index (χ1v) is 21.1. The second-order valence-electron chi connectivity index (χ2n) is 13.2. The highest BCUT2D eigenvalue weighted by Gasteiger charge is 2.16. The molecule has 0 aromatic carbocycles. The molecule has 1 atom stereocenters. The van der Waals surface area contributed by atoms with Crippen molar-refractivity contribution in [3.63, 3.8) is 0 Å². The van der Waals surface area contributed by atoms with Crippen LogP contribution in [0, 0.1) is 0 Å². The van der Waals surface area contributed by atoms with Crippen LogP contribution in [0.4, 0.5) is 0 Å². The summed E-state index contributed by atoms with van der Waals surface area (Å²) in [6.45, 7) is 7.32. The summed E-state index contributed by atoms with van der Waals surface area (Å²) in [5, 5.41) is 0. The Morgan fingerprint density at radius 2 is 0.759 bits per heavy atom. The van der Waals surface area contributed by atoms with Gasteiger partial charge in [-0.25, -0.2) is 0 Å². The van der Waals surface area contributed by atoms with Crippen LogP contribution in [0.3, 0.4) is 0 Å². The molecule has 54 heavy (non-hydrogen) atoms. The van der Waals surface area contributed by atoms with E-state index >= 15 is 0 Å². The van der Waals surface area contributed by atoms with Gasteiger partial charge in [0, 0.05) is 6.61 Å². The van der Waals surface area contributed by atoms with Gasteiger partial charge in [-0.15, -0.1) is 0 Å². The van der Waals surface area contributed by atoms with Crippen LogP contribution in [0.25, 0.3) is 0 Å². The maximum atomic E-state index is 12.6. The Bertz CT molecular complexity index is 1160. The summed E-state index contributed by atoms with van der Waals surface area (Å²) < 4.78 is 17.0. The summed E-state index contributed by atoms with van der Waals surface area (Å²) in [7, 11) is 0. The Morgan fingerprint density at radius 1 is 0.407 bits per heavy atom. The van der Waals surface area contributed by atoms with Gasteiger partial charge in [0.25, 0.3) is 0 Å². The highest BCUT2D eigenvalue weighted by Crippen LogP contribution is 2.09. The van der Waals surface area contributed by atoms with Crippen LogP contribution < -0.4 is 0 Å². The number of carbonyl (C=O) groups is 2. The smallest absolute Gasteiger partial charge is 0.310 e. The average molecular weight is 745 g/mol. The van der Waals surface area contributed by atoms with E-state index in [9.17, 15) is 9.59 Å². The Morgan fingerprint density at radius 3 is 1.17 bits per heavy atom. The van der Waals surface area contributed by atoms with E-state index in [1.54, 1.807) is 0 Å². The van der Waals surface area contributed by atoms with Crippen LogP contribution in [-0.2, 0) is 23.8 Å². The van der Waals surface area contributed by atoms with Crippen LogP contribution in [0.15, 0.2) is 122 Å². The second-order valence-corrected chi connectivity index (χ2v) is 13.2. The van der Waals surface area contributed by atoms with Crippen LogP contribution in [0.1, 0.15) is 149 Å². The standard InChI is InChI=1S/C49H76O5/c1-4-7-10-13-16-19-21-23-25-27-29-31-33-36-39-42-48(50)53-46-47(45-52-44-41-38-35-18-15-12-9-6-3)54-49(51)43-40-37-34-32-30-28-26-24-22-20-17-14-11-8-5-2/h7-8,10-11,16-17,19-20,23-26,29-32,36-37,39-40,47H,4-6,9,12-15,18,21-22,27-28,33-35,38,41-46H2,1-3H3/b10-7-,11-8-,19-16-,20-17-,25-23-,26-24-,31-29-,32-30-,39-36-,40-37-. The van der Waals surface area contributed by atoms with Crippen molar-refractivity contribution in [3.8, 4) is 0 Å². The second kappa shape index (κ2) is 43.7. The molecule has 5 heteroatoms. The van der Waals surface area contributed by atoms with Gasteiger partial charge in [-0.05, 0) is 70.6 Å². The Labute approximate surface area is 331 Å². The summed E-state index contributed by atoms with van der Waals surface area (Å²) >= 11 is 0. The maximum absolute atomic E-state index is 12.6. The van der Waals surface area contributed by atoms with E-state index in [0.717, 1.165) is 77.0 Å². The van der Waals surface area contributed by atoms with Crippen LogP contribution in [0.2, 0.25) is 0 Å². The van der Waals surface area contributed by atoms with Gasteiger partial charge in [0.05, 0.1) is 19.4 Å². The highest BCUT2D eigenvalue weighted by atomic mass is 16.6. The lowest BCUT2D eigenvalue weighted by molar-refractivity contribution is -0.161. The largest absolute Gasteiger partial charge is 0.461 e. The molecule has 0 spiro atoms. The fourth-order valence-corrected chi connectivity index (χ4v) is 5.01. The molecular weight excluding hydrogens is 669 g/mol. The first-order chi connectivity index (χ1) is 26.6. The van der Waals surface area contributed by atoms with Gasteiger partial charge in [0.2, 0.25) is 0 Å². The highest BCUT2D eigenvalue weighted by molar-refractivity contribution is 5.72. The monoisotopic (exact) mass is 745 g/mol. The summed E-state index contributed by atoms with van der Waals surface area (Å²) in [5.74, 6) is -0.704. The third kappa shape index (κ3) is 41.1. The molecule has 302 valence electrons. The minimum Gasteiger partial charge on any atom is -0.461 e. The molecule has 0 radical (unpaired) electrons. The summed E-state index contributed by atoms with van der Waals surface area (Å²) in [6.07, 6.45) is 61.0. The van der Waals surface area contributed by atoms with Crippen molar-refractivity contribution in [1.82, 2.24) is 0 Å². The molecule has 0 saturated carbocycles. The van der Waals surface area contributed by atoms with Gasteiger partial charge in [-0.2, -0.15) is 0 Å². The molecule has 0 aliphatic carbocycles. The number of hydrogen-bond donors (Lipinski definition) is 0. The van der Waals surface area contributed by atoms with Gasteiger partial charge < -0.3 is 14.2 Å². The van der Waals surface area contributed by atoms with E-state index in [-0.39, 0.29) is 38.0 Å². The number of allylic oxidation sites excluding steroid dienone is 18. The molecule has 0 amide bonds. The lowest BCUT2D eigenvalue weighted by atomic mass is 10.1. The van der Waals surface area contributed by atoms with Gasteiger partial charge in [-0.3, -0.25) is 9.59 Å². The molecule has 1 unspecified atom stereocenters. The van der Waals surface area contributed by atoms with Crippen molar-refractivity contribution in [2.45, 2.75) is 155 Å². The number of ether oxygens (including phenoxy) is 3. The molecule has 0 heterocycles. The van der Waals surface area contributed by atoms with Crippen molar-refractivity contribution in [2.24, 2.45) is 0 Å². The minimum absolute atomic E-state index is 0.0155. The lowest BCUT2D eigenvalue weighted by Crippen LogP contribution is -2.29. The normalized spacial score (nSPS) is 13.5. The molecule has 5 nitrogen and oxygen atoms in total. The Hall–Kier alpha value is -3.70. The number of carbonyl (C=O) groups excluding carboxylic acids is 2. The van der Waals surface area contributed by atoms with Gasteiger partial charge >= 0.3 is 11.9 Å². The predicted molar refractivity (Wildman–Crippen MR) is 232 cm³/mol. The Kier molecular flexibility index (Phi) is 40.7. The molecule has 0 rings (SSSR count). The first kappa shape index (κ1) is 50.3. The summed E-state index contributed by atoms with van der Waals surface area (Å²) in [5.41, 5.74) is 0. The van der Waals surface area contributed by atoms with E-state index in [4.69, 9.17) is 14.2 Å². The average Bonchev–Trinajstić information content (AvgIpc) is 3.17. The van der Waals surface area contributed by atoms with E-state index < -0.39 is 6.10 Å². The fraction of sp³-hybridized carbons (Fsp3) is 0.551. The molecule has 0 aliphatic heterocycles. The first-order valence-electron chi connectivity index (χ1n) is 21.1. The van der Waals surface area contributed by atoms with Gasteiger partial charge in [0.15, 0.2) is 6.10 Å². The number of rotatable bonds is 36. The molecule has 0 aliphatic rings. The molecule has 0 aromatic rings. The maximum Gasteiger partial charge on any atom is 0.310 e. The van der Waals surface area contributed by atoms with Crippen LogP contribution in [0.5, 0.6) is 0 Å². The molecule has 0 aromatic heterocycles. The van der Waals surface area contributed by atoms with Crippen LogP contribution in [-0.4, -0.2) is 37.9 Å². The van der Waals surface area contributed by atoms with Gasteiger partial charge in [-0.1, -0.05) is 187 Å². The number of esters is 2. The Balaban J connectivity index is 4.53. The zero-order chi connectivity index (χ0) is 39.3. The SMILES string of the molecule is CC/C=C\C/C=C\C/C=C\C/C=C\C/C=C\CC(=O)OCC(COCCCCCCCCCC)OC(=O)C/C=C\C/C=C\C/C=C\C/C=C\C/C=C\CC. The molecular formula is C49H76O5. The van der Waals surface area contributed by atoms with Crippen molar-refractivity contribution >= 4 is 11.9 Å². The summed E-state index contributed by atoms with van der Waals surface area (Å²) in [6, 6.07) is 0. The van der Waals surface area contributed by atoms with Crippen molar-refractivity contribution in [2.75, 3.05) is 19.8 Å². The topological polar surface area (TPSA) is 61.8 Å². The third-order valence-corrected chi connectivity index (χ3v) is 8.06. The lowest BCUT2D eigenvalue weighted by Gasteiger charge is -2.18. The van der Waals surface area contributed by atoms with E-state index in [2.05, 4.69) is 118 Å². The number of unbranched alkanes of at least 4 members (excludes halogenated alkanes) is 7. The predicted octanol–water partition coefficient (Wildman–Crippen LogP) is 13.9. The fourth-order valence-electron chi connectivity index (χ4n) is 5.01. The van der Waals surface area contributed by atoms with Crippen LogP contribution >= 0.6 is 0 Å². The molecule has 0 N–H and O–H groups in total. The molecule has 0 saturated heterocycles. The molecule has 0 fully saturated rings. The van der Waals surface area contributed by atoms with Crippen molar-refractivity contribution in [1.29, 1.82) is 0 Å². The molecule has 0 bridgehead atoms. The zero-order valence-corrected chi connectivity index (χ0v) is 34.4. The van der Waals surface area contributed by atoms with E-state index in [0.29, 0.717) is 6.61 Å². The van der Waals surface area contributed by atoms with Crippen molar-refractivity contribution in [3.05, 3.63) is 122 Å². The quantitative estimate of drug-likeness (QED) is 0.0363. The van der Waals surface area contributed by atoms with E-state index in [1.165, 1.54) is 38.5 Å². The zero-order valence-electron chi connectivity index (χ0n) is 34.4. The number of hydrogen-bond acceptors (Lipinski definition) is 5. The third-order valence-electron chi connectivity index (χ3n) is 8.06. The minimum atomic E-state index is -0.633. The van der Waals surface area contributed by atoms with E-state index in [1.807, 2.05) is 24.3 Å². The summed E-state index contributed by atoms with van der Waals surface area (Å²) in [4.78, 5) is 25.0. The van der Waals surface area contributed by atoms with Gasteiger partial charge in [0.1, 0.15) is 6.61 Å².